The second-order valence-electron chi connectivity index (χ2n) is 3.70. The lowest BCUT2D eigenvalue weighted by Gasteiger charge is -2.37. The highest BCUT2D eigenvalue weighted by Gasteiger charge is 2.31. The Labute approximate surface area is 86.3 Å². The van der Waals surface area contributed by atoms with E-state index in [-0.39, 0.29) is 18.5 Å². The minimum atomic E-state index is -0.313. The van der Waals surface area contributed by atoms with Gasteiger partial charge in [0.1, 0.15) is 0 Å². The summed E-state index contributed by atoms with van der Waals surface area (Å²) in [4.78, 5) is 13.5. The molecule has 1 aromatic heterocycles. The lowest BCUT2D eigenvalue weighted by Crippen LogP contribution is -2.50. The molecular weight excluding hydrogens is 201 g/mol. The van der Waals surface area contributed by atoms with Crippen LogP contribution in [0.25, 0.3) is 0 Å². The van der Waals surface area contributed by atoms with Gasteiger partial charge in [-0.3, -0.25) is 9.18 Å². The summed E-state index contributed by atoms with van der Waals surface area (Å²) in [6.07, 6.45) is 0. The number of likely N-dealkylation sites (tertiary alicyclic amines) is 1. The van der Waals surface area contributed by atoms with E-state index in [0.29, 0.717) is 13.1 Å². The summed E-state index contributed by atoms with van der Waals surface area (Å²) < 4.78 is 12.2. The maximum Gasteiger partial charge on any atom is 0.254 e. The number of amides is 1. The standard InChI is InChI=1S/C10H12FNOS/c1-7-5-14-6-9(7)10(13)12-3-8(2-11)4-12/h5-6,8H,2-4H2,1H3. The van der Waals surface area contributed by atoms with Gasteiger partial charge in [0.15, 0.2) is 0 Å². The number of nitrogens with zero attached hydrogens (tertiary/aromatic N) is 1. The number of halogens is 1. The topological polar surface area (TPSA) is 20.3 Å². The first-order valence-corrected chi connectivity index (χ1v) is 5.54. The maximum absolute atomic E-state index is 12.2. The summed E-state index contributed by atoms with van der Waals surface area (Å²) in [5.74, 6) is 0.117. The molecule has 14 heavy (non-hydrogen) atoms. The van der Waals surface area contributed by atoms with E-state index < -0.39 is 0 Å². The molecule has 4 heteroatoms. The third kappa shape index (κ3) is 1.54. The molecule has 76 valence electrons. The molecule has 2 heterocycles. The zero-order chi connectivity index (χ0) is 10.1. The summed E-state index contributed by atoms with van der Waals surface area (Å²) in [6, 6.07) is 0. The number of aryl methyl sites for hydroxylation is 1. The molecule has 1 aliphatic rings. The molecule has 0 saturated carbocycles. The second-order valence-corrected chi connectivity index (χ2v) is 4.44. The van der Waals surface area contributed by atoms with E-state index in [1.165, 1.54) is 11.3 Å². The summed E-state index contributed by atoms with van der Waals surface area (Å²) in [7, 11) is 0. The van der Waals surface area contributed by atoms with E-state index in [9.17, 15) is 9.18 Å². The van der Waals surface area contributed by atoms with Crippen LogP contribution in [0, 0.1) is 12.8 Å². The largest absolute Gasteiger partial charge is 0.338 e. The molecule has 1 saturated heterocycles. The molecule has 2 nitrogen and oxygen atoms in total. The Balaban J connectivity index is 2.01. The van der Waals surface area contributed by atoms with E-state index in [1.807, 2.05) is 17.7 Å². The van der Waals surface area contributed by atoms with Crippen molar-refractivity contribution in [2.24, 2.45) is 5.92 Å². The average molecular weight is 213 g/mol. The van der Waals surface area contributed by atoms with E-state index in [0.717, 1.165) is 11.1 Å². The third-order valence-electron chi connectivity index (χ3n) is 2.55. The molecule has 1 fully saturated rings. The molecule has 0 spiro atoms. The van der Waals surface area contributed by atoms with Crippen LogP contribution in [0.1, 0.15) is 15.9 Å². The molecular formula is C10H12FNOS. The fraction of sp³-hybridized carbons (Fsp3) is 0.500. The number of alkyl halides is 1. The van der Waals surface area contributed by atoms with Crippen molar-refractivity contribution < 1.29 is 9.18 Å². The molecule has 1 aliphatic heterocycles. The zero-order valence-electron chi connectivity index (χ0n) is 8.00. The molecule has 1 amide bonds. The molecule has 2 rings (SSSR count). The van der Waals surface area contributed by atoms with Gasteiger partial charge in [-0.1, -0.05) is 0 Å². The SMILES string of the molecule is Cc1cscc1C(=O)N1CC(CF)C1. The first-order chi connectivity index (χ1) is 6.72. The molecule has 0 aromatic carbocycles. The highest BCUT2D eigenvalue weighted by molar-refractivity contribution is 7.08. The first-order valence-electron chi connectivity index (χ1n) is 4.60. The van der Waals surface area contributed by atoms with Gasteiger partial charge in [-0.15, -0.1) is 0 Å². The number of hydrogen-bond acceptors (Lipinski definition) is 2. The second kappa shape index (κ2) is 3.69. The molecule has 0 unspecified atom stereocenters. The van der Waals surface area contributed by atoms with Crippen molar-refractivity contribution in [3.63, 3.8) is 0 Å². The molecule has 1 aromatic rings. The lowest BCUT2D eigenvalue weighted by atomic mass is 10.0. The van der Waals surface area contributed by atoms with Gasteiger partial charge in [0.2, 0.25) is 0 Å². The number of carbonyl (C=O) groups is 1. The van der Waals surface area contributed by atoms with Crippen LogP contribution in [0.4, 0.5) is 4.39 Å². The van der Waals surface area contributed by atoms with E-state index in [4.69, 9.17) is 0 Å². The lowest BCUT2D eigenvalue weighted by molar-refractivity contribution is 0.0452. The molecule has 0 radical (unpaired) electrons. The normalized spacial score (nSPS) is 16.9. The summed E-state index contributed by atoms with van der Waals surface area (Å²) in [5, 5.41) is 3.82. The number of thiophene rings is 1. The van der Waals surface area contributed by atoms with Gasteiger partial charge >= 0.3 is 0 Å². The summed E-state index contributed by atoms with van der Waals surface area (Å²) >= 11 is 1.53. The fourth-order valence-electron chi connectivity index (χ4n) is 1.58. The number of carbonyl (C=O) groups excluding carboxylic acids is 1. The van der Waals surface area contributed by atoms with Gasteiger partial charge in [0, 0.05) is 24.4 Å². The Bertz CT molecular complexity index is 344. The minimum Gasteiger partial charge on any atom is -0.338 e. The fourth-order valence-corrected chi connectivity index (χ4v) is 2.41. The number of hydrogen-bond donors (Lipinski definition) is 0. The van der Waals surface area contributed by atoms with Crippen molar-refractivity contribution in [3.05, 3.63) is 21.9 Å². The van der Waals surface area contributed by atoms with Gasteiger partial charge in [0.05, 0.1) is 12.2 Å². The predicted octanol–water partition coefficient (Wildman–Crippen LogP) is 2.10. The minimum absolute atomic E-state index is 0.0495. The van der Waals surface area contributed by atoms with Crippen molar-refractivity contribution in [3.8, 4) is 0 Å². The maximum atomic E-state index is 12.2. The van der Waals surface area contributed by atoms with Crippen LogP contribution in [0.5, 0.6) is 0 Å². The Morgan fingerprint density at radius 3 is 2.86 bits per heavy atom. The molecule has 0 aliphatic carbocycles. The molecule has 0 N–H and O–H groups in total. The Kier molecular flexibility index (Phi) is 2.54. The van der Waals surface area contributed by atoms with Crippen molar-refractivity contribution in [2.75, 3.05) is 19.8 Å². The van der Waals surface area contributed by atoms with Crippen LogP contribution in [0.3, 0.4) is 0 Å². The van der Waals surface area contributed by atoms with Gasteiger partial charge in [-0.2, -0.15) is 11.3 Å². The van der Waals surface area contributed by atoms with Gasteiger partial charge in [-0.05, 0) is 17.9 Å². The van der Waals surface area contributed by atoms with Crippen LogP contribution in [-0.4, -0.2) is 30.6 Å². The van der Waals surface area contributed by atoms with Crippen LogP contribution < -0.4 is 0 Å². The van der Waals surface area contributed by atoms with E-state index in [1.54, 1.807) is 4.90 Å². The van der Waals surface area contributed by atoms with Crippen molar-refractivity contribution in [1.82, 2.24) is 4.90 Å². The van der Waals surface area contributed by atoms with Crippen LogP contribution >= 0.6 is 11.3 Å². The van der Waals surface area contributed by atoms with Gasteiger partial charge in [-0.25, -0.2) is 0 Å². The molecule has 0 atom stereocenters. The van der Waals surface area contributed by atoms with Crippen molar-refractivity contribution in [2.45, 2.75) is 6.92 Å². The van der Waals surface area contributed by atoms with E-state index >= 15 is 0 Å². The summed E-state index contributed by atoms with van der Waals surface area (Å²) in [5.41, 5.74) is 1.79. The number of rotatable bonds is 2. The predicted molar refractivity (Wildman–Crippen MR) is 54.4 cm³/mol. The smallest absolute Gasteiger partial charge is 0.254 e. The van der Waals surface area contributed by atoms with Gasteiger partial charge in [0.25, 0.3) is 5.91 Å². The monoisotopic (exact) mass is 213 g/mol. The van der Waals surface area contributed by atoms with Gasteiger partial charge < -0.3 is 4.90 Å². The average Bonchev–Trinajstić information content (AvgIpc) is 2.49. The zero-order valence-corrected chi connectivity index (χ0v) is 8.81. The Hall–Kier alpha value is -0.900. The van der Waals surface area contributed by atoms with E-state index in [2.05, 4.69) is 0 Å². The highest BCUT2D eigenvalue weighted by atomic mass is 32.1. The Morgan fingerprint density at radius 1 is 1.64 bits per heavy atom. The van der Waals surface area contributed by atoms with Crippen LogP contribution in [0.2, 0.25) is 0 Å². The Morgan fingerprint density at radius 2 is 2.36 bits per heavy atom. The highest BCUT2D eigenvalue weighted by Crippen LogP contribution is 2.22. The summed E-state index contributed by atoms with van der Waals surface area (Å²) in [6.45, 7) is 2.76. The first kappa shape index (κ1) is 9.65. The quantitative estimate of drug-likeness (QED) is 0.736. The third-order valence-corrected chi connectivity index (χ3v) is 3.41. The van der Waals surface area contributed by atoms with Crippen molar-refractivity contribution in [1.29, 1.82) is 0 Å². The van der Waals surface area contributed by atoms with Crippen LogP contribution in [-0.2, 0) is 0 Å². The van der Waals surface area contributed by atoms with Crippen molar-refractivity contribution >= 4 is 17.2 Å². The van der Waals surface area contributed by atoms with Crippen LogP contribution in [0.15, 0.2) is 10.8 Å². The molecule has 0 bridgehead atoms.